The summed E-state index contributed by atoms with van der Waals surface area (Å²) in [4.78, 5) is 11.2. The zero-order valence-electron chi connectivity index (χ0n) is 9.38. The Kier molecular flexibility index (Phi) is 4.23. The van der Waals surface area contributed by atoms with Crippen LogP contribution in [-0.4, -0.2) is 18.7 Å². The molecule has 0 aromatic rings. The minimum atomic E-state index is -0.265. The average molecular weight is 199 g/mol. The number of carbonyl (C=O) groups excluding carboxylic acids is 1. The van der Waals surface area contributed by atoms with E-state index in [0.29, 0.717) is 18.4 Å². The summed E-state index contributed by atoms with van der Waals surface area (Å²) in [6, 6.07) is 0. The maximum Gasteiger partial charge on any atom is 0.407 e. The minimum absolute atomic E-state index is 0.116. The lowest BCUT2D eigenvalue weighted by Crippen LogP contribution is -2.36. The second-order valence-corrected chi connectivity index (χ2v) is 4.24. The van der Waals surface area contributed by atoms with Crippen LogP contribution >= 0.6 is 0 Å². The first kappa shape index (κ1) is 11.3. The third-order valence-corrected chi connectivity index (χ3v) is 3.21. The lowest BCUT2D eigenvalue weighted by Gasteiger charge is -2.33. The molecular weight excluding hydrogens is 178 g/mol. The summed E-state index contributed by atoms with van der Waals surface area (Å²) >= 11 is 0. The van der Waals surface area contributed by atoms with Crippen LogP contribution in [0.25, 0.3) is 0 Å². The van der Waals surface area contributed by atoms with Gasteiger partial charge in [0.25, 0.3) is 0 Å². The van der Waals surface area contributed by atoms with Gasteiger partial charge in [-0.1, -0.05) is 20.3 Å². The highest BCUT2D eigenvalue weighted by atomic mass is 16.6. The summed E-state index contributed by atoms with van der Waals surface area (Å²) in [6.45, 7) is 6.94. The molecule has 1 N–H and O–H groups in total. The molecule has 3 heteroatoms. The standard InChI is InChI=1S/C11H21NO2/c1-4-12-11(13)14-10-7-5-6-8(2)9(10)3/h8-10H,4-7H2,1-3H3,(H,12,13)/t8-,9+,10+/m0/s1. The van der Waals surface area contributed by atoms with Gasteiger partial charge in [0.1, 0.15) is 6.10 Å². The highest BCUT2D eigenvalue weighted by Gasteiger charge is 2.29. The third kappa shape index (κ3) is 2.89. The second kappa shape index (κ2) is 5.23. The first-order valence-corrected chi connectivity index (χ1v) is 5.59. The van der Waals surface area contributed by atoms with Crippen molar-refractivity contribution in [1.82, 2.24) is 5.32 Å². The van der Waals surface area contributed by atoms with Gasteiger partial charge in [-0.05, 0) is 31.6 Å². The maximum absolute atomic E-state index is 11.2. The van der Waals surface area contributed by atoms with Crippen molar-refractivity contribution < 1.29 is 9.53 Å². The molecule has 0 radical (unpaired) electrons. The molecule has 0 spiro atoms. The van der Waals surface area contributed by atoms with Gasteiger partial charge in [0.2, 0.25) is 0 Å². The minimum Gasteiger partial charge on any atom is -0.446 e. The van der Waals surface area contributed by atoms with Crippen LogP contribution in [0, 0.1) is 11.8 Å². The monoisotopic (exact) mass is 199 g/mol. The van der Waals surface area contributed by atoms with Gasteiger partial charge in [-0.2, -0.15) is 0 Å². The molecule has 0 aromatic carbocycles. The number of ether oxygens (including phenoxy) is 1. The second-order valence-electron chi connectivity index (χ2n) is 4.24. The van der Waals surface area contributed by atoms with Gasteiger partial charge in [0, 0.05) is 6.54 Å². The number of rotatable bonds is 2. The molecule has 0 aromatic heterocycles. The molecule has 1 rings (SSSR count). The van der Waals surface area contributed by atoms with E-state index in [1.165, 1.54) is 12.8 Å². The van der Waals surface area contributed by atoms with Crippen LogP contribution in [0.4, 0.5) is 4.79 Å². The summed E-state index contributed by atoms with van der Waals surface area (Å²) in [5, 5.41) is 2.67. The maximum atomic E-state index is 11.2. The molecule has 1 saturated carbocycles. The number of alkyl carbamates (subject to hydrolysis) is 1. The van der Waals surface area contributed by atoms with Crippen molar-refractivity contribution in [3.05, 3.63) is 0 Å². The van der Waals surface area contributed by atoms with Gasteiger partial charge in [0.15, 0.2) is 0 Å². The average Bonchev–Trinajstić information content (AvgIpc) is 2.13. The molecule has 1 fully saturated rings. The van der Waals surface area contributed by atoms with Crippen LogP contribution < -0.4 is 5.32 Å². The summed E-state index contributed by atoms with van der Waals surface area (Å²) in [5.41, 5.74) is 0. The topological polar surface area (TPSA) is 38.3 Å². The van der Waals surface area contributed by atoms with E-state index in [0.717, 1.165) is 6.42 Å². The molecule has 0 saturated heterocycles. The van der Waals surface area contributed by atoms with Gasteiger partial charge in [-0.3, -0.25) is 0 Å². The smallest absolute Gasteiger partial charge is 0.407 e. The molecule has 1 aliphatic carbocycles. The Labute approximate surface area is 86.2 Å². The van der Waals surface area contributed by atoms with Crippen molar-refractivity contribution in [3.63, 3.8) is 0 Å². The van der Waals surface area contributed by atoms with E-state index in [9.17, 15) is 4.79 Å². The Hall–Kier alpha value is -0.730. The van der Waals surface area contributed by atoms with E-state index in [-0.39, 0.29) is 12.2 Å². The van der Waals surface area contributed by atoms with Gasteiger partial charge >= 0.3 is 6.09 Å². The van der Waals surface area contributed by atoms with E-state index >= 15 is 0 Å². The summed E-state index contributed by atoms with van der Waals surface area (Å²) in [7, 11) is 0. The largest absolute Gasteiger partial charge is 0.446 e. The van der Waals surface area contributed by atoms with E-state index < -0.39 is 0 Å². The molecule has 0 unspecified atom stereocenters. The number of hydrogen-bond donors (Lipinski definition) is 1. The Morgan fingerprint density at radius 1 is 1.43 bits per heavy atom. The predicted molar refractivity (Wildman–Crippen MR) is 56.1 cm³/mol. The normalized spacial score (nSPS) is 32.4. The van der Waals surface area contributed by atoms with E-state index in [1.54, 1.807) is 0 Å². The summed E-state index contributed by atoms with van der Waals surface area (Å²) in [5.74, 6) is 1.16. The van der Waals surface area contributed by atoms with Crippen molar-refractivity contribution >= 4 is 6.09 Å². The molecule has 3 nitrogen and oxygen atoms in total. The van der Waals surface area contributed by atoms with E-state index in [2.05, 4.69) is 19.2 Å². The van der Waals surface area contributed by atoms with Gasteiger partial charge in [-0.15, -0.1) is 0 Å². The zero-order chi connectivity index (χ0) is 10.6. The number of carbonyl (C=O) groups is 1. The van der Waals surface area contributed by atoms with Crippen molar-refractivity contribution in [2.75, 3.05) is 6.54 Å². The van der Waals surface area contributed by atoms with Gasteiger partial charge < -0.3 is 10.1 Å². The fourth-order valence-corrected chi connectivity index (χ4v) is 2.02. The van der Waals surface area contributed by atoms with Gasteiger partial charge in [0.05, 0.1) is 0 Å². The SMILES string of the molecule is CCNC(=O)O[C@@H]1CCC[C@H](C)[C@H]1C. The Balaban J connectivity index is 2.39. The Morgan fingerprint density at radius 3 is 2.79 bits per heavy atom. The van der Waals surface area contributed by atoms with Crippen LogP contribution in [0.3, 0.4) is 0 Å². The molecule has 1 aliphatic rings. The summed E-state index contributed by atoms with van der Waals surface area (Å²) < 4.78 is 5.36. The Morgan fingerprint density at radius 2 is 2.14 bits per heavy atom. The number of amides is 1. The number of nitrogens with one attached hydrogen (secondary N) is 1. The van der Waals surface area contributed by atoms with Gasteiger partial charge in [-0.25, -0.2) is 4.79 Å². The lowest BCUT2D eigenvalue weighted by atomic mass is 9.79. The lowest BCUT2D eigenvalue weighted by molar-refractivity contribution is 0.0231. The molecular formula is C11H21NO2. The summed E-state index contributed by atoms with van der Waals surface area (Å²) in [6.07, 6.45) is 3.30. The van der Waals surface area contributed by atoms with Crippen LogP contribution in [0.1, 0.15) is 40.0 Å². The van der Waals surface area contributed by atoms with E-state index in [1.807, 2.05) is 6.92 Å². The molecule has 0 bridgehead atoms. The fourth-order valence-electron chi connectivity index (χ4n) is 2.02. The molecule has 14 heavy (non-hydrogen) atoms. The predicted octanol–water partition coefficient (Wildman–Crippen LogP) is 2.56. The highest BCUT2D eigenvalue weighted by Crippen LogP contribution is 2.31. The first-order valence-electron chi connectivity index (χ1n) is 5.59. The van der Waals surface area contributed by atoms with E-state index in [4.69, 9.17) is 4.74 Å². The van der Waals surface area contributed by atoms with Crippen molar-refractivity contribution in [1.29, 1.82) is 0 Å². The quantitative estimate of drug-likeness (QED) is 0.742. The van der Waals surface area contributed by atoms with Crippen molar-refractivity contribution in [2.45, 2.75) is 46.1 Å². The van der Waals surface area contributed by atoms with Crippen LogP contribution in [0.5, 0.6) is 0 Å². The fraction of sp³-hybridized carbons (Fsp3) is 0.909. The number of hydrogen-bond acceptors (Lipinski definition) is 2. The van der Waals surface area contributed by atoms with Crippen LogP contribution in [0.2, 0.25) is 0 Å². The zero-order valence-corrected chi connectivity index (χ0v) is 9.38. The molecule has 0 aliphatic heterocycles. The molecule has 1 amide bonds. The molecule has 82 valence electrons. The molecule has 0 heterocycles. The highest BCUT2D eigenvalue weighted by molar-refractivity contribution is 5.67. The molecule has 3 atom stereocenters. The Bertz CT molecular complexity index is 194. The van der Waals surface area contributed by atoms with Crippen molar-refractivity contribution in [2.24, 2.45) is 11.8 Å². The van der Waals surface area contributed by atoms with Crippen LogP contribution in [-0.2, 0) is 4.74 Å². The van der Waals surface area contributed by atoms with Crippen molar-refractivity contribution in [3.8, 4) is 0 Å². The van der Waals surface area contributed by atoms with Crippen LogP contribution in [0.15, 0.2) is 0 Å². The first-order chi connectivity index (χ1) is 6.65. The third-order valence-electron chi connectivity index (χ3n) is 3.21.